The summed E-state index contributed by atoms with van der Waals surface area (Å²) in [4.78, 5) is 11.6. The molecule has 194 valence electrons. The SMILES string of the molecule is CCN1CCCC(Oc2nc(-c3ccc(NS(=O)(=O)c4cc(Cl)ccc4Cl)cc3)nc3n[nH]c(C)c23)C1. The van der Waals surface area contributed by atoms with E-state index in [1.807, 2.05) is 6.92 Å². The molecule has 2 aromatic heterocycles. The lowest BCUT2D eigenvalue weighted by atomic mass is 10.1. The normalized spacial score (nSPS) is 16.7. The van der Waals surface area contributed by atoms with E-state index in [4.69, 9.17) is 32.9 Å². The van der Waals surface area contributed by atoms with Gasteiger partial charge in [-0.05, 0) is 75.3 Å². The van der Waals surface area contributed by atoms with Crippen LogP contribution in [0.1, 0.15) is 25.5 Å². The number of nitrogens with one attached hydrogen (secondary N) is 2. The highest BCUT2D eigenvalue weighted by Crippen LogP contribution is 2.31. The minimum atomic E-state index is -3.94. The Morgan fingerprint density at radius 1 is 1.16 bits per heavy atom. The number of benzene rings is 2. The molecule has 1 saturated heterocycles. The fourth-order valence-corrected chi connectivity index (χ4v) is 6.20. The molecule has 0 bridgehead atoms. The Balaban J connectivity index is 1.42. The molecule has 1 aliphatic heterocycles. The standard InChI is InChI=1S/C25H26Cl2N6O3S/c1-3-33-12-4-5-19(14-33)36-25-22-15(2)30-31-24(22)28-23(29-25)16-6-9-18(10-7-16)32-37(34,35)21-13-17(26)8-11-20(21)27/h6-11,13,19,32H,3-5,12,14H2,1-2H3,(H,28,29,30,31). The van der Waals surface area contributed by atoms with E-state index in [1.165, 1.54) is 18.2 Å². The van der Waals surface area contributed by atoms with Crippen LogP contribution in [-0.4, -0.2) is 59.2 Å². The topological polar surface area (TPSA) is 113 Å². The van der Waals surface area contributed by atoms with Crippen LogP contribution < -0.4 is 9.46 Å². The number of ether oxygens (including phenoxy) is 1. The lowest BCUT2D eigenvalue weighted by Crippen LogP contribution is -2.41. The van der Waals surface area contributed by atoms with E-state index < -0.39 is 10.0 Å². The lowest BCUT2D eigenvalue weighted by Gasteiger charge is -2.31. The molecule has 9 nitrogen and oxygen atoms in total. The fraction of sp³-hybridized carbons (Fsp3) is 0.320. The predicted octanol–water partition coefficient (Wildman–Crippen LogP) is 5.30. The van der Waals surface area contributed by atoms with E-state index in [0.717, 1.165) is 43.6 Å². The zero-order valence-electron chi connectivity index (χ0n) is 20.3. The molecule has 0 aliphatic carbocycles. The van der Waals surface area contributed by atoms with Crippen LogP contribution in [0, 0.1) is 6.92 Å². The molecule has 5 rings (SSSR count). The molecule has 1 fully saturated rings. The van der Waals surface area contributed by atoms with Gasteiger partial charge in [0.15, 0.2) is 11.5 Å². The lowest BCUT2D eigenvalue weighted by molar-refractivity contribution is 0.0896. The van der Waals surface area contributed by atoms with E-state index >= 15 is 0 Å². The molecule has 0 amide bonds. The number of aromatic amines is 1. The highest BCUT2D eigenvalue weighted by atomic mass is 35.5. The second-order valence-electron chi connectivity index (χ2n) is 8.93. The first kappa shape index (κ1) is 25.7. The van der Waals surface area contributed by atoms with E-state index in [9.17, 15) is 8.42 Å². The number of sulfonamides is 1. The van der Waals surface area contributed by atoms with E-state index in [-0.39, 0.29) is 21.0 Å². The first-order valence-electron chi connectivity index (χ1n) is 11.9. The quantitative estimate of drug-likeness (QED) is 0.315. The van der Waals surface area contributed by atoms with Crippen LogP contribution in [0.2, 0.25) is 10.0 Å². The number of halogens is 2. The zero-order chi connectivity index (χ0) is 26.2. The predicted molar refractivity (Wildman–Crippen MR) is 145 cm³/mol. The van der Waals surface area contributed by atoms with Crippen molar-refractivity contribution in [2.24, 2.45) is 0 Å². The van der Waals surface area contributed by atoms with Crippen molar-refractivity contribution in [2.75, 3.05) is 24.4 Å². The summed E-state index contributed by atoms with van der Waals surface area (Å²) in [7, 11) is -3.94. The molecule has 2 aromatic carbocycles. The van der Waals surface area contributed by atoms with Crippen LogP contribution in [0.25, 0.3) is 22.4 Å². The average molecular weight is 561 g/mol. The Morgan fingerprint density at radius 3 is 2.70 bits per heavy atom. The highest BCUT2D eigenvalue weighted by Gasteiger charge is 2.24. The number of likely N-dealkylation sites (tertiary alicyclic amines) is 1. The summed E-state index contributed by atoms with van der Waals surface area (Å²) in [5, 5.41) is 8.41. The maximum absolute atomic E-state index is 12.8. The summed E-state index contributed by atoms with van der Waals surface area (Å²) in [6, 6.07) is 11.0. The second kappa shape index (κ2) is 10.4. The summed E-state index contributed by atoms with van der Waals surface area (Å²) in [5.74, 6) is 0.930. The maximum Gasteiger partial charge on any atom is 0.263 e. The van der Waals surface area contributed by atoms with Crippen molar-refractivity contribution >= 4 is 49.9 Å². The van der Waals surface area contributed by atoms with Gasteiger partial charge in [0, 0.05) is 28.5 Å². The van der Waals surface area contributed by atoms with Gasteiger partial charge in [-0.25, -0.2) is 13.4 Å². The number of likely N-dealkylation sites (N-methyl/N-ethyl adjacent to an activating group) is 1. The van der Waals surface area contributed by atoms with Crippen molar-refractivity contribution in [1.82, 2.24) is 25.1 Å². The Bertz CT molecular complexity index is 1540. The third-order valence-electron chi connectivity index (χ3n) is 6.33. The highest BCUT2D eigenvalue weighted by molar-refractivity contribution is 7.92. The zero-order valence-corrected chi connectivity index (χ0v) is 22.7. The minimum Gasteiger partial charge on any atom is -0.472 e. The van der Waals surface area contributed by atoms with Gasteiger partial charge < -0.3 is 4.74 Å². The summed E-state index contributed by atoms with van der Waals surface area (Å²) in [6.07, 6.45) is 2.06. The molecular formula is C25H26Cl2N6O3S. The number of hydrogen-bond donors (Lipinski definition) is 2. The van der Waals surface area contributed by atoms with Crippen LogP contribution in [0.5, 0.6) is 5.88 Å². The molecule has 2 N–H and O–H groups in total. The van der Waals surface area contributed by atoms with Crippen LogP contribution >= 0.6 is 23.2 Å². The van der Waals surface area contributed by atoms with Crippen LogP contribution in [0.15, 0.2) is 47.4 Å². The molecule has 0 spiro atoms. The second-order valence-corrected chi connectivity index (χ2v) is 11.4. The van der Waals surface area contributed by atoms with Gasteiger partial charge in [-0.1, -0.05) is 30.1 Å². The van der Waals surface area contributed by atoms with Gasteiger partial charge >= 0.3 is 0 Å². The van der Waals surface area contributed by atoms with E-state index in [1.54, 1.807) is 24.3 Å². The monoisotopic (exact) mass is 560 g/mol. The molecular weight excluding hydrogens is 535 g/mol. The minimum absolute atomic E-state index is 0.0315. The summed E-state index contributed by atoms with van der Waals surface area (Å²) in [6.45, 7) is 6.97. The number of H-pyrrole nitrogens is 1. The smallest absolute Gasteiger partial charge is 0.263 e. The molecule has 0 saturated carbocycles. The van der Waals surface area contributed by atoms with Gasteiger partial charge in [0.05, 0.1) is 5.02 Å². The van der Waals surface area contributed by atoms with Crippen LogP contribution in [0.4, 0.5) is 5.69 Å². The molecule has 1 atom stereocenters. The molecule has 1 unspecified atom stereocenters. The number of hydrogen-bond acceptors (Lipinski definition) is 7. The molecule has 37 heavy (non-hydrogen) atoms. The van der Waals surface area contributed by atoms with Gasteiger partial charge in [-0.3, -0.25) is 14.7 Å². The van der Waals surface area contributed by atoms with E-state index in [0.29, 0.717) is 28.6 Å². The van der Waals surface area contributed by atoms with Gasteiger partial charge in [-0.15, -0.1) is 0 Å². The van der Waals surface area contributed by atoms with Crippen molar-refractivity contribution in [3.05, 3.63) is 58.2 Å². The van der Waals surface area contributed by atoms with Crippen LogP contribution in [0.3, 0.4) is 0 Å². The Labute approximate surface area is 225 Å². The van der Waals surface area contributed by atoms with Gasteiger partial charge in [-0.2, -0.15) is 10.1 Å². The van der Waals surface area contributed by atoms with Crippen molar-refractivity contribution in [1.29, 1.82) is 0 Å². The average Bonchev–Trinajstić information content (AvgIpc) is 3.26. The van der Waals surface area contributed by atoms with Crippen molar-refractivity contribution in [3.63, 3.8) is 0 Å². The maximum atomic E-state index is 12.8. The number of anilines is 1. The summed E-state index contributed by atoms with van der Waals surface area (Å²) >= 11 is 12.0. The molecule has 12 heteroatoms. The van der Waals surface area contributed by atoms with Crippen molar-refractivity contribution in [2.45, 2.75) is 37.7 Å². The number of piperidine rings is 1. The number of nitrogens with zero attached hydrogens (tertiary/aromatic N) is 4. The Hall–Kier alpha value is -2.92. The summed E-state index contributed by atoms with van der Waals surface area (Å²) < 4.78 is 34.6. The largest absolute Gasteiger partial charge is 0.472 e. The number of aromatic nitrogens is 4. The van der Waals surface area contributed by atoms with Crippen LogP contribution in [-0.2, 0) is 10.0 Å². The third kappa shape index (κ3) is 5.52. The first-order valence-corrected chi connectivity index (χ1v) is 14.2. The number of rotatable bonds is 7. The first-order chi connectivity index (χ1) is 17.7. The van der Waals surface area contributed by atoms with Crippen molar-refractivity contribution < 1.29 is 13.2 Å². The third-order valence-corrected chi connectivity index (χ3v) is 8.43. The Morgan fingerprint density at radius 2 is 1.95 bits per heavy atom. The van der Waals surface area contributed by atoms with Crippen molar-refractivity contribution in [3.8, 4) is 17.3 Å². The number of fused-ring (bicyclic) bond motifs is 1. The molecule has 3 heterocycles. The summed E-state index contributed by atoms with van der Waals surface area (Å²) in [5.41, 5.74) is 2.40. The van der Waals surface area contributed by atoms with Gasteiger partial charge in [0.25, 0.3) is 10.0 Å². The molecule has 0 radical (unpaired) electrons. The van der Waals surface area contributed by atoms with Gasteiger partial charge in [0.2, 0.25) is 5.88 Å². The fourth-order valence-electron chi connectivity index (χ4n) is 4.38. The van der Waals surface area contributed by atoms with Gasteiger partial charge in [0.1, 0.15) is 16.4 Å². The number of aryl methyl sites for hydroxylation is 1. The molecule has 1 aliphatic rings. The molecule has 4 aromatic rings. The van der Waals surface area contributed by atoms with E-state index in [2.05, 4.69) is 31.7 Å². The Kier molecular flexibility index (Phi) is 7.26.